The second-order valence-corrected chi connectivity index (χ2v) is 5.44. The van der Waals surface area contributed by atoms with E-state index >= 15 is 0 Å². The van der Waals surface area contributed by atoms with Crippen LogP contribution in [0, 0.1) is 11.7 Å². The molecule has 2 aromatic rings. The zero-order valence-electron chi connectivity index (χ0n) is 10.6. The minimum absolute atomic E-state index is 0.0263. The Labute approximate surface area is 121 Å². The summed E-state index contributed by atoms with van der Waals surface area (Å²) in [4.78, 5) is 12.1. The predicted molar refractivity (Wildman–Crippen MR) is 77.3 cm³/mol. The largest absolute Gasteiger partial charge is 0.326 e. The maximum Gasteiger partial charge on any atom is 0.228 e. The summed E-state index contributed by atoms with van der Waals surface area (Å²) in [5.41, 5.74) is 1.71. The highest BCUT2D eigenvalue weighted by Gasteiger charge is 2.43. The van der Waals surface area contributed by atoms with Crippen LogP contribution >= 0.6 is 11.6 Å². The summed E-state index contributed by atoms with van der Waals surface area (Å²) in [6, 6.07) is 13.4. The smallest absolute Gasteiger partial charge is 0.228 e. The molecule has 0 heterocycles. The van der Waals surface area contributed by atoms with Gasteiger partial charge in [0, 0.05) is 16.6 Å². The van der Waals surface area contributed by atoms with Crippen LogP contribution in [0.5, 0.6) is 0 Å². The van der Waals surface area contributed by atoms with Gasteiger partial charge in [-0.2, -0.15) is 0 Å². The summed E-state index contributed by atoms with van der Waals surface area (Å²) in [5, 5.41) is 3.49. The van der Waals surface area contributed by atoms with Crippen LogP contribution < -0.4 is 5.32 Å². The summed E-state index contributed by atoms with van der Waals surface area (Å²) < 4.78 is 12.8. The average Bonchev–Trinajstić information content (AvgIpc) is 3.22. The number of halogens is 2. The van der Waals surface area contributed by atoms with Gasteiger partial charge in [0.05, 0.1) is 0 Å². The van der Waals surface area contributed by atoms with Crippen LogP contribution in [0.4, 0.5) is 10.1 Å². The van der Waals surface area contributed by atoms with E-state index in [9.17, 15) is 9.18 Å². The lowest BCUT2D eigenvalue weighted by Gasteiger charge is -2.05. The van der Waals surface area contributed by atoms with Crippen molar-refractivity contribution in [3.05, 3.63) is 64.9 Å². The number of rotatable bonds is 3. The normalized spacial score (nSPS) is 20.5. The van der Waals surface area contributed by atoms with Crippen molar-refractivity contribution in [3.8, 4) is 0 Å². The number of carbonyl (C=O) groups is 1. The van der Waals surface area contributed by atoms with Crippen molar-refractivity contribution in [2.45, 2.75) is 12.3 Å². The molecule has 20 heavy (non-hydrogen) atoms. The van der Waals surface area contributed by atoms with E-state index in [1.807, 2.05) is 24.3 Å². The van der Waals surface area contributed by atoms with Crippen LogP contribution in [0.25, 0.3) is 0 Å². The van der Waals surface area contributed by atoms with Crippen molar-refractivity contribution < 1.29 is 9.18 Å². The number of nitrogens with one attached hydrogen (secondary N) is 1. The average molecular weight is 290 g/mol. The lowest BCUT2D eigenvalue weighted by molar-refractivity contribution is -0.117. The molecule has 0 spiro atoms. The molecule has 1 N–H and O–H groups in total. The number of anilines is 1. The number of carbonyl (C=O) groups excluding carboxylic acids is 1. The lowest BCUT2D eigenvalue weighted by atomic mass is 10.1. The van der Waals surface area contributed by atoms with Gasteiger partial charge in [-0.1, -0.05) is 23.7 Å². The van der Waals surface area contributed by atoms with Crippen molar-refractivity contribution in [3.63, 3.8) is 0 Å². The van der Waals surface area contributed by atoms with E-state index in [4.69, 9.17) is 11.6 Å². The first-order chi connectivity index (χ1) is 9.63. The van der Waals surface area contributed by atoms with Crippen LogP contribution in [-0.4, -0.2) is 5.91 Å². The topological polar surface area (TPSA) is 29.1 Å². The minimum Gasteiger partial charge on any atom is -0.326 e. The Kier molecular flexibility index (Phi) is 3.45. The van der Waals surface area contributed by atoms with Gasteiger partial charge < -0.3 is 5.32 Å². The van der Waals surface area contributed by atoms with E-state index in [0.717, 1.165) is 12.0 Å². The zero-order chi connectivity index (χ0) is 14.1. The molecule has 0 bridgehead atoms. The first kappa shape index (κ1) is 13.1. The molecule has 0 radical (unpaired) electrons. The van der Waals surface area contributed by atoms with Crippen LogP contribution in [0.2, 0.25) is 5.02 Å². The molecule has 1 aliphatic carbocycles. The van der Waals surface area contributed by atoms with Gasteiger partial charge in [-0.25, -0.2) is 4.39 Å². The van der Waals surface area contributed by atoms with Crippen molar-refractivity contribution >= 4 is 23.2 Å². The molecule has 0 aliphatic heterocycles. The van der Waals surface area contributed by atoms with Crippen molar-refractivity contribution in [2.75, 3.05) is 5.32 Å². The van der Waals surface area contributed by atoms with Gasteiger partial charge in [-0.3, -0.25) is 4.79 Å². The Hall–Kier alpha value is -1.87. The van der Waals surface area contributed by atoms with E-state index in [0.29, 0.717) is 10.7 Å². The van der Waals surface area contributed by atoms with E-state index < -0.39 is 0 Å². The molecule has 2 aromatic carbocycles. The molecule has 0 aromatic heterocycles. The second-order valence-electron chi connectivity index (χ2n) is 5.00. The molecule has 3 rings (SSSR count). The van der Waals surface area contributed by atoms with Crippen molar-refractivity contribution in [2.24, 2.45) is 5.92 Å². The summed E-state index contributed by atoms with van der Waals surface area (Å²) >= 11 is 5.95. The van der Waals surface area contributed by atoms with E-state index in [1.54, 1.807) is 12.1 Å². The number of hydrogen-bond donors (Lipinski definition) is 1. The molecule has 2 atom stereocenters. The van der Waals surface area contributed by atoms with Gasteiger partial charge in [-0.05, 0) is 54.3 Å². The summed E-state index contributed by atoms with van der Waals surface area (Å²) in [6.45, 7) is 0. The van der Waals surface area contributed by atoms with Crippen molar-refractivity contribution in [1.29, 1.82) is 0 Å². The SMILES string of the molecule is O=C(Nc1ccc(F)cc1)[C@H]1C[C@@H]1c1cccc(Cl)c1. The number of amides is 1. The Morgan fingerprint density at radius 2 is 1.95 bits per heavy atom. The highest BCUT2D eigenvalue weighted by atomic mass is 35.5. The van der Waals surface area contributed by atoms with Crippen LogP contribution in [-0.2, 0) is 4.79 Å². The third kappa shape index (κ3) is 2.83. The van der Waals surface area contributed by atoms with Gasteiger partial charge >= 0.3 is 0 Å². The fraction of sp³-hybridized carbons (Fsp3) is 0.188. The second kappa shape index (κ2) is 5.25. The molecule has 0 unspecified atom stereocenters. The fourth-order valence-corrected chi connectivity index (χ4v) is 2.56. The monoisotopic (exact) mass is 289 g/mol. The maximum absolute atomic E-state index is 12.8. The first-order valence-electron chi connectivity index (χ1n) is 6.45. The first-order valence-corrected chi connectivity index (χ1v) is 6.83. The Morgan fingerprint density at radius 3 is 2.65 bits per heavy atom. The fourth-order valence-electron chi connectivity index (χ4n) is 2.36. The highest BCUT2D eigenvalue weighted by Crippen LogP contribution is 2.48. The molecule has 1 saturated carbocycles. The summed E-state index contributed by atoms with van der Waals surface area (Å²) in [7, 11) is 0. The highest BCUT2D eigenvalue weighted by molar-refractivity contribution is 6.30. The predicted octanol–water partition coefficient (Wildman–Crippen LogP) is 4.22. The molecule has 1 fully saturated rings. The van der Waals surface area contributed by atoms with E-state index in [-0.39, 0.29) is 23.6 Å². The van der Waals surface area contributed by atoms with Gasteiger partial charge in [0.15, 0.2) is 0 Å². The quantitative estimate of drug-likeness (QED) is 0.900. The van der Waals surface area contributed by atoms with Gasteiger partial charge in [0.1, 0.15) is 5.82 Å². The Balaban J connectivity index is 1.64. The summed E-state index contributed by atoms with van der Waals surface area (Å²) in [5.74, 6) is -0.138. The van der Waals surface area contributed by atoms with Crippen molar-refractivity contribution in [1.82, 2.24) is 0 Å². The van der Waals surface area contributed by atoms with Gasteiger partial charge in [0.2, 0.25) is 5.91 Å². The number of benzene rings is 2. The molecule has 2 nitrogen and oxygen atoms in total. The van der Waals surface area contributed by atoms with Gasteiger partial charge in [-0.15, -0.1) is 0 Å². The molecule has 1 aliphatic rings. The zero-order valence-corrected chi connectivity index (χ0v) is 11.4. The molecule has 0 saturated heterocycles. The third-order valence-electron chi connectivity index (χ3n) is 3.52. The minimum atomic E-state index is -0.314. The number of hydrogen-bond acceptors (Lipinski definition) is 1. The van der Waals surface area contributed by atoms with E-state index in [2.05, 4.69) is 5.32 Å². The molecule has 4 heteroatoms. The van der Waals surface area contributed by atoms with Gasteiger partial charge in [0.25, 0.3) is 0 Å². The van der Waals surface area contributed by atoms with E-state index in [1.165, 1.54) is 12.1 Å². The standard InChI is InChI=1S/C16H13ClFNO/c17-11-3-1-2-10(8-11)14-9-15(14)16(20)19-13-6-4-12(18)5-7-13/h1-8,14-15H,9H2,(H,19,20)/t14-,15+/m1/s1. The molecule has 102 valence electrons. The van der Waals surface area contributed by atoms with Crippen LogP contribution in [0.3, 0.4) is 0 Å². The third-order valence-corrected chi connectivity index (χ3v) is 3.75. The Bertz CT molecular complexity index is 641. The maximum atomic E-state index is 12.8. The lowest BCUT2D eigenvalue weighted by Crippen LogP contribution is -2.14. The molecule has 1 amide bonds. The molecular weight excluding hydrogens is 277 g/mol. The Morgan fingerprint density at radius 1 is 1.20 bits per heavy atom. The summed E-state index contributed by atoms with van der Waals surface area (Å²) in [6.07, 6.45) is 0.827. The van der Waals surface area contributed by atoms with Crippen LogP contribution in [0.15, 0.2) is 48.5 Å². The van der Waals surface area contributed by atoms with Crippen LogP contribution in [0.1, 0.15) is 17.9 Å². The molecular formula is C16H13ClFNO.